The van der Waals surface area contributed by atoms with E-state index in [0.717, 1.165) is 17.5 Å². The average molecular weight is 464 g/mol. The van der Waals surface area contributed by atoms with Crippen LogP contribution in [0.5, 0.6) is 0 Å². The molecular formula is C26H29N3O5. The quantitative estimate of drug-likeness (QED) is 0.337. The Kier molecular flexibility index (Phi) is 8.96. The predicted octanol–water partition coefficient (Wildman–Crippen LogP) is 2.06. The summed E-state index contributed by atoms with van der Waals surface area (Å²) in [6.07, 6.45) is 2.71. The number of nitrogens with one attached hydrogen (secondary N) is 2. The minimum atomic E-state index is -1.02. The molecule has 0 spiro atoms. The molecule has 0 aromatic heterocycles. The first-order valence-corrected chi connectivity index (χ1v) is 11.3. The molecule has 1 atom stereocenters. The van der Waals surface area contributed by atoms with Crippen LogP contribution in [0.3, 0.4) is 0 Å². The molecular weight excluding hydrogens is 434 g/mol. The number of amides is 3. The van der Waals surface area contributed by atoms with Crippen LogP contribution >= 0.6 is 0 Å². The van der Waals surface area contributed by atoms with Gasteiger partial charge in [0, 0.05) is 20.0 Å². The van der Waals surface area contributed by atoms with E-state index in [1.165, 1.54) is 11.8 Å². The number of piperazine rings is 1. The van der Waals surface area contributed by atoms with E-state index in [-0.39, 0.29) is 31.8 Å². The highest BCUT2D eigenvalue weighted by atomic mass is 16.5. The molecule has 1 aliphatic rings. The van der Waals surface area contributed by atoms with Gasteiger partial charge in [0.1, 0.15) is 11.7 Å². The minimum absolute atomic E-state index is 0.0367. The summed E-state index contributed by atoms with van der Waals surface area (Å²) >= 11 is 0. The summed E-state index contributed by atoms with van der Waals surface area (Å²) in [5, 5.41) is 5.25. The molecule has 3 rings (SSSR count). The van der Waals surface area contributed by atoms with Crippen molar-refractivity contribution < 1.29 is 23.9 Å². The predicted molar refractivity (Wildman–Crippen MR) is 127 cm³/mol. The van der Waals surface area contributed by atoms with E-state index < -0.39 is 29.7 Å². The second-order valence-electron chi connectivity index (χ2n) is 7.97. The van der Waals surface area contributed by atoms with Crippen molar-refractivity contribution in [2.75, 3.05) is 19.7 Å². The van der Waals surface area contributed by atoms with Gasteiger partial charge in [0.15, 0.2) is 0 Å². The Hall–Kier alpha value is -3.94. The summed E-state index contributed by atoms with van der Waals surface area (Å²) < 4.78 is 5.32. The van der Waals surface area contributed by atoms with Gasteiger partial charge in [-0.1, -0.05) is 60.7 Å². The number of carbonyl (C=O) groups excluding carboxylic acids is 4. The lowest BCUT2D eigenvalue weighted by Crippen LogP contribution is -2.58. The summed E-state index contributed by atoms with van der Waals surface area (Å²) in [5.74, 6) is -1.93. The lowest BCUT2D eigenvalue weighted by molar-refractivity contribution is -0.151. The Morgan fingerprint density at radius 3 is 2.44 bits per heavy atom. The van der Waals surface area contributed by atoms with E-state index in [4.69, 9.17) is 4.74 Å². The zero-order valence-corrected chi connectivity index (χ0v) is 19.2. The second kappa shape index (κ2) is 12.3. The van der Waals surface area contributed by atoms with Crippen LogP contribution in [0.4, 0.5) is 0 Å². The molecule has 1 aliphatic heterocycles. The fourth-order valence-electron chi connectivity index (χ4n) is 3.70. The minimum Gasteiger partial charge on any atom is -0.466 e. The molecule has 0 saturated carbocycles. The number of hydrogen-bond acceptors (Lipinski definition) is 5. The largest absolute Gasteiger partial charge is 0.466 e. The van der Waals surface area contributed by atoms with Gasteiger partial charge in [0.05, 0.1) is 13.0 Å². The maximum atomic E-state index is 13.3. The Morgan fingerprint density at radius 2 is 1.76 bits per heavy atom. The highest BCUT2D eigenvalue weighted by Crippen LogP contribution is 2.15. The van der Waals surface area contributed by atoms with Crippen molar-refractivity contribution in [3.05, 3.63) is 77.5 Å². The third-order valence-electron chi connectivity index (χ3n) is 5.32. The molecule has 0 radical (unpaired) electrons. The fraction of sp³-hybridized carbons (Fsp3) is 0.308. The molecule has 0 bridgehead atoms. The summed E-state index contributed by atoms with van der Waals surface area (Å²) in [6, 6.07) is 17.9. The zero-order valence-electron chi connectivity index (χ0n) is 19.2. The van der Waals surface area contributed by atoms with Crippen molar-refractivity contribution in [2.24, 2.45) is 0 Å². The van der Waals surface area contributed by atoms with Gasteiger partial charge in [0.2, 0.25) is 11.8 Å². The van der Waals surface area contributed by atoms with Gasteiger partial charge in [-0.2, -0.15) is 0 Å². The summed E-state index contributed by atoms with van der Waals surface area (Å²) in [5.41, 5.74) is 1.91. The molecule has 178 valence electrons. The van der Waals surface area contributed by atoms with Crippen LogP contribution in [-0.2, 0) is 30.3 Å². The monoisotopic (exact) mass is 463 g/mol. The average Bonchev–Trinajstić information content (AvgIpc) is 2.83. The number of aryl methyl sites for hydroxylation is 1. The normalized spacial score (nSPS) is 15.9. The first-order valence-electron chi connectivity index (χ1n) is 11.3. The fourth-order valence-corrected chi connectivity index (χ4v) is 3.70. The van der Waals surface area contributed by atoms with Crippen molar-refractivity contribution in [2.45, 2.75) is 32.2 Å². The molecule has 34 heavy (non-hydrogen) atoms. The Balaban J connectivity index is 1.64. The Labute approximate surface area is 199 Å². The van der Waals surface area contributed by atoms with Crippen LogP contribution in [0, 0.1) is 0 Å². The van der Waals surface area contributed by atoms with Crippen LogP contribution in [0.1, 0.15) is 30.9 Å². The molecule has 0 aliphatic carbocycles. The van der Waals surface area contributed by atoms with Gasteiger partial charge >= 0.3 is 5.97 Å². The van der Waals surface area contributed by atoms with Crippen molar-refractivity contribution in [3.8, 4) is 0 Å². The Morgan fingerprint density at radius 1 is 1.09 bits per heavy atom. The number of ether oxygens (including phenoxy) is 1. The van der Waals surface area contributed by atoms with E-state index in [1.54, 1.807) is 18.2 Å². The molecule has 1 unspecified atom stereocenters. The number of benzene rings is 2. The van der Waals surface area contributed by atoms with Gasteiger partial charge in [-0.3, -0.25) is 19.2 Å². The number of hydrogen-bond donors (Lipinski definition) is 2. The van der Waals surface area contributed by atoms with Crippen LogP contribution < -0.4 is 10.6 Å². The van der Waals surface area contributed by atoms with E-state index in [0.29, 0.717) is 6.42 Å². The van der Waals surface area contributed by atoms with Crippen LogP contribution in [0.25, 0.3) is 6.08 Å². The number of nitrogens with zero attached hydrogens (tertiary/aromatic N) is 1. The number of esters is 1. The molecule has 1 saturated heterocycles. The second-order valence-corrected chi connectivity index (χ2v) is 7.97. The standard InChI is InChI=1S/C26H29N3O5/c1-19(30)28-22(17-21-11-6-3-7-12-21)26(33)29-15-14-27-25(32)23(29)18-24(31)34-16-8-13-20-9-4-2-5-10-20/h2-7,9-12,17,23H,8,13-16,18H2,1H3,(H,27,32)(H,28,30)/b22-17+. The van der Waals surface area contributed by atoms with Gasteiger partial charge in [0.25, 0.3) is 5.91 Å². The molecule has 8 heteroatoms. The summed E-state index contributed by atoms with van der Waals surface area (Å²) in [7, 11) is 0. The SMILES string of the molecule is CC(=O)N/C(=C/c1ccccc1)C(=O)N1CCNC(=O)C1CC(=O)OCCCc1ccccc1. The topological polar surface area (TPSA) is 105 Å². The van der Waals surface area contributed by atoms with Crippen molar-refractivity contribution in [1.29, 1.82) is 0 Å². The maximum absolute atomic E-state index is 13.3. The highest BCUT2D eigenvalue weighted by molar-refractivity contribution is 6.03. The van der Waals surface area contributed by atoms with Gasteiger partial charge < -0.3 is 20.3 Å². The third kappa shape index (κ3) is 7.30. The lowest BCUT2D eigenvalue weighted by Gasteiger charge is -2.35. The molecule has 8 nitrogen and oxygen atoms in total. The van der Waals surface area contributed by atoms with Gasteiger partial charge in [-0.05, 0) is 30.0 Å². The number of rotatable bonds is 9. The van der Waals surface area contributed by atoms with Crippen molar-refractivity contribution in [1.82, 2.24) is 15.5 Å². The third-order valence-corrected chi connectivity index (χ3v) is 5.32. The molecule has 3 amide bonds. The molecule has 2 N–H and O–H groups in total. The lowest BCUT2D eigenvalue weighted by atomic mass is 10.1. The maximum Gasteiger partial charge on any atom is 0.308 e. The molecule has 1 heterocycles. The van der Waals surface area contributed by atoms with Crippen molar-refractivity contribution >= 4 is 29.8 Å². The number of carbonyl (C=O) groups is 4. The molecule has 2 aromatic carbocycles. The van der Waals surface area contributed by atoms with Gasteiger partial charge in [-0.15, -0.1) is 0 Å². The molecule has 1 fully saturated rings. The first kappa shape index (κ1) is 24.7. The van der Waals surface area contributed by atoms with Crippen LogP contribution in [0.2, 0.25) is 0 Å². The van der Waals surface area contributed by atoms with Gasteiger partial charge in [-0.25, -0.2) is 0 Å². The smallest absolute Gasteiger partial charge is 0.308 e. The Bertz CT molecular complexity index is 1040. The van der Waals surface area contributed by atoms with E-state index in [2.05, 4.69) is 10.6 Å². The summed E-state index contributed by atoms with van der Waals surface area (Å²) in [4.78, 5) is 51.3. The zero-order chi connectivity index (χ0) is 24.3. The first-order chi connectivity index (χ1) is 16.4. The van der Waals surface area contributed by atoms with E-state index in [9.17, 15) is 19.2 Å². The molecule has 2 aromatic rings. The van der Waals surface area contributed by atoms with Crippen LogP contribution in [-0.4, -0.2) is 54.3 Å². The summed E-state index contributed by atoms with van der Waals surface area (Å²) in [6.45, 7) is 1.99. The van der Waals surface area contributed by atoms with E-state index >= 15 is 0 Å². The van der Waals surface area contributed by atoms with Crippen molar-refractivity contribution in [3.63, 3.8) is 0 Å². The highest BCUT2D eigenvalue weighted by Gasteiger charge is 2.36. The van der Waals surface area contributed by atoms with Crippen LogP contribution in [0.15, 0.2) is 66.4 Å². The van der Waals surface area contributed by atoms with E-state index in [1.807, 2.05) is 48.5 Å².